The summed E-state index contributed by atoms with van der Waals surface area (Å²) >= 11 is 3.76. The Bertz CT molecular complexity index is 5810. The van der Waals surface area contributed by atoms with E-state index in [1.54, 1.807) is 0 Å². The Kier molecular flexibility index (Phi) is 11.3. The van der Waals surface area contributed by atoms with Gasteiger partial charge < -0.3 is 18.6 Å². The van der Waals surface area contributed by atoms with E-state index in [0.717, 1.165) is 22.7 Å². The van der Waals surface area contributed by atoms with Crippen molar-refractivity contribution in [2.75, 3.05) is 9.80 Å². The molecule has 0 spiro atoms. The van der Waals surface area contributed by atoms with Gasteiger partial charge in [0.1, 0.15) is 0 Å². The monoisotopic (exact) mass is 1210 g/mol. The summed E-state index contributed by atoms with van der Waals surface area (Å²) in [6, 6.07) is 101. The summed E-state index contributed by atoms with van der Waals surface area (Å²) in [6.07, 6.45) is 0. The van der Waals surface area contributed by atoms with Gasteiger partial charge in [-0.3, -0.25) is 0 Å². The lowest BCUT2D eigenvalue weighted by atomic mass is 9.87. The smallest absolute Gasteiger partial charge is 0.0641 e. The molecular formula is C86H62N4S2. The third kappa shape index (κ3) is 7.62. The fraction of sp³-hybridized carbons (Fsp3) is 0.0930. The highest BCUT2D eigenvalue weighted by Crippen LogP contribution is 2.57. The van der Waals surface area contributed by atoms with Crippen LogP contribution in [0.5, 0.6) is 0 Å². The second-order valence-corrected chi connectivity index (χ2v) is 29.3. The highest BCUT2D eigenvalue weighted by atomic mass is 32.1. The molecule has 4 nitrogen and oxygen atoms in total. The van der Waals surface area contributed by atoms with Crippen molar-refractivity contribution in [2.24, 2.45) is 0 Å². The molecule has 0 atom stereocenters. The number of rotatable bonds is 8. The van der Waals surface area contributed by atoms with Crippen LogP contribution in [0.3, 0.4) is 0 Å². The molecular weight excluding hydrogens is 1150 g/mol. The average Bonchev–Trinajstić information content (AvgIpc) is 1.51. The van der Waals surface area contributed by atoms with Gasteiger partial charge in [-0.15, -0.1) is 22.7 Å². The van der Waals surface area contributed by atoms with E-state index in [2.05, 4.69) is 327 Å². The van der Waals surface area contributed by atoms with Crippen molar-refractivity contribution in [3.05, 3.63) is 278 Å². The van der Waals surface area contributed by atoms with Gasteiger partial charge in [0, 0.05) is 106 Å². The number of anilines is 6. The molecule has 0 aliphatic heterocycles. The highest BCUT2D eigenvalue weighted by Gasteiger charge is 2.32. The maximum absolute atomic E-state index is 2.61. The largest absolute Gasteiger partial charge is 0.308 e. The van der Waals surface area contributed by atoms with Crippen LogP contribution >= 0.6 is 22.7 Å². The van der Waals surface area contributed by atoms with Crippen LogP contribution < -0.4 is 9.80 Å². The second kappa shape index (κ2) is 19.5. The van der Waals surface area contributed by atoms with Crippen LogP contribution in [0.25, 0.3) is 139 Å². The molecule has 13 aromatic carbocycles. The Morgan fingerprint density at radius 3 is 1.05 bits per heavy atom. The van der Waals surface area contributed by atoms with Crippen LogP contribution in [0.1, 0.15) is 52.7 Å². The van der Waals surface area contributed by atoms with Crippen molar-refractivity contribution in [3.8, 4) is 22.3 Å². The molecule has 0 bridgehead atoms. The Balaban J connectivity index is 0.900. The van der Waals surface area contributed by atoms with Crippen LogP contribution in [-0.2, 0) is 10.8 Å². The molecule has 0 aliphatic carbocycles. The zero-order chi connectivity index (χ0) is 61.5. The van der Waals surface area contributed by atoms with Crippen molar-refractivity contribution in [3.63, 3.8) is 0 Å². The van der Waals surface area contributed by atoms with E-state index in [0.29, 0.717) is 0 Å². The fourth-order valence-electron chi connectivity index (χ4n) is 15.6. The van der Waals surface area contributed by atoms with Gasteiger partial charge in [-0.2, -0.15) is 0 Å². The maximum atomic E-state index is 2.61. The standard InChI is InChI=1S/C86H62N4S2/c1-85(2,3)53-33-37-55(38-34-53)87(81-57(51-21-9-7-10-22-51)43-47-75-79(81)63-27-15-19-31-73(63)91-75)69-45-41-59-65-49-72-66(50-71(65)89-67-29-17-13-25-61(67)77(69)83(59)89)60-42-46-70(78-62-26-14-18-30-68(62)90(72)84(60)78)88(56-39-35-54(36-40-56)86(4,5)6)82-58(52-23-11-8-12-24-52)44-48-76-80(82)64-28-16-20-32-74(64)92-76/h7-50H,1-6H3. The van der Waals surface area contributed by atoms with Gasteiger partial charge in [0.15, 0.2) is 0 Å². The molecule has 0 unspecified atom stereocenters. The van der Waals surface area contributed by atoms with Gasteiger partial charge in [0.05, 0.1) is 55.8 Å². The quantitative estimate of drug-likeness (QED) is 0.151. The number of nitrogens with zero attached hydrogens (tertiary/aromatic N) is 4. The lowest BCUT2D eigenvalue weighted by Gasteiger charge is -2.30. The first-order chi connectivity index (χ1) is 44.9. The van der Waals surface area contributed by atoms with Gasteiger partial charge in [-0.1, -0.05) is 224 Å². The predicted octanol–water partition coefficient (Wildman–Crippen LogP) is 25.6. The van der Waals surface area contributed by atoms with Gasteiger partial charge in [0.2, 0.25) is 0 Å². The first-order valence-corrected chi connectivity index (χ1v) is 33.7. The van der Waals surface area contributed by atoms with Crippen LogP contribution in [0.4, 0.5) is 34.1 Å². The topological polar surface area (TPSA) is 15.3 Å². The minimum Gasteiger partial charge on any atom is -0.308 e. The second-order valence-electron chi connectivity index (χ2n) is 27.2. The molecule has 0 fully saturated rings. The van der Waals surface area contributed by atoms with Gasteiger partial charge >= 0.3 is 0 Å². The summed E-state index contributed by atoms with van der Waals surface area (Å²) in [6.45, 7) is 13.8. The zero-order valence-corrected chi connectivity index (χ0v) is 53.6. The SMILES string of the molecule is CC(C)(C)c1ccc(N(c2c(-c3ccccc3)ccc3sc4ccccc4c23)c2ccc3c4cc5c(cc4n4c6ccccc6c2c34)c2ccc(N(c3ccc(C(C)(C)C)cc3)c3c(-c4ccccc4)ccc4sc6ccccc6c34)c3c4ccccc4n5c23)cc1. The molecule has 19 aromatic rings. The Morgan fingerprint density at radius 1 is 0.283 bits per heavy atom. The number of para-hydroxylation sites is 2. The van der Waals surface area contributed by atoms with Crippen molar-refractivity contribution in [2.45, 2.75) is 52.4 Å². The molecule has 6 heteroatoms. The molecule has 0 aliphatic rings. The summed E-state index contributed by atoms with van der Waals surface area (Å²) in [5.74, 6) is 0. The summed E-state index contributed by atoms with van der Waals surface area (Å²) in [4.78, 5) is 5.22. The minimum absolute atomic E-state index is 0.0162. The van der Waals surface area contributed by atoms with Crippen LogP contribution in [0.2, 0.25) is 0 Å². The van der Waals surface area contributed by atoms with E-state index in [-0.39, 0.29) is 10.8 Å². The lowest BCUT2D eigenvalue weighted by Crippen LogP contribution is -2.14. The zero-order valence-electron chi connectivity index (χ0n) is 52.0. The number of hydrogen-bond acceptors (Lipinski definition) is 4. The van der Waals surface area contributed by atoms with E-state index in [1.807, 2.05) is 22.7 Å². The Morgan fingerprint density at radius 2 is 0.652 bits per heavy atom. The van der Waals surface area contributed by atoms with Crippen LogP contribution in [0.15, 0.2) is 267 Å². The third-order valence-electron chi connectivity index (χ3n) is 19.9. The highest BCUT2D eigenvalue weighted by molar-refractivity contribution is 7.26. The molecule has 0 radical (unpaired) electrons. The van der Waals surface area contributed by atoms with Gasteiger partial charge in [-0.05, 0) is 118 Å². The molecule has 92 heavy (non-hydrogen) atoms. The van der Waals surface area contributed by atoms with Crippen molar-refractivity contribution < 1.29 is 0 Å². The van der Waals surface area contributed by atoms with E-state index in [1.165, 1.54) is 161 Å². The molecule has 0 N–H and O–H groups in total. The van der Waals surface area contributed by atoms with Gasteiger partial charge in [0.25, 0.3) is 0 Å². The fourth-order valence-corrected chi connectivity index (χ4v) is 17.8. The van der Waals surface area contributed by atoms with E-state index < -0.39 is 0 Å². The first kappa shape index (κ1) is 53.3. The van der Waals surface area contributed by atoms with Crippen molar-refractivity contribution in [1.82, 2.24) is 8.80 Å². The van der Waals surface area contributed by atoms with E-state index >= 15 is 0 Å². The molecule has 438 valence electrons. The summed E-state index contributed by atoms with van der Waals surface area (Å²) in [5.41, 5.74) is 21.5. The Hall–Kier alpha value is -10.5. The van der Waals surface area contributed by atoms with Gasteiger partial charge in [-0.25, -0.2) is 0 Å². The first-order valence-electron chi connectivity index (χ1n) is 32.1. The van der Waals surface area contributed by atoms with E-state index in [4.69, 9.17) is 0 Å². The van der Waals surface area contributed by atoms with E-state index in [9.17, 15) is 0 Å². The van der Waals surface area contributed by atoms with Crippen molar-refractivity contribution >= 4 is 173 Å². The minimum atomic E-state index is -0.0162. The number of thiophene rings is 2. The molecule has 6 aromatic heterocycles. The molecule has 19 rings (SSSR count). The number of fused-ring (bicyclic) bond motifs is 18. The normalized spacial score (nSPS) is 12.7. The lowest BCUT2D eigenvalue weighted by molar-refractivity contribution is 0.590. The van der Waals surface area contributed by atoms with Crippen LogP contribution in [0, 0.1) is 0 Å². The maximum Gasteiger partial charge on any atom is 0.0641 e. The third-order valence-corrected chi connectivity index (χ3v) is 22.1. The molecule has 0 amide bonds. The number of aromatic nitrogens is 2. The summed E-state index contributed by atoms with van der Waals surface area (Å²) in [7, 11) is 0. The van der Waals surface area contributed by atoms with Crippen molar-refractivity contribution in [1.29, 1.82) is 0 Å². The summed E-state index contributed by atoms with van der Waals surface area (Å²) < 4.78 is 10.3. The molecule has 0 saturated carbocycles. The molecule has 6 heterocycles. The number of benzene rings is 13. The average molecular weight is 1220 g/mol. The number of hydrogen-bond donors (Lipinski definition) is 0. The van der Waals surface area contributed by atoms with Crippen LogP contribution in [-0.4, -0.2) is 8.80 Å². The predicted molar refractivity (Wildman–Crippen MR) is 399 cm³/mol. The summed E-state index contributed by atoms with van der Waals surface area (Å²) in [5, 5.41) is 15.0. The molecule has 0 saturated heterocycles. The Labute approximate surface area is 541 Å².